The van der Waals surface area contributed by atoms with E-state index >= 15 is 0 Å². The van der Waals surface area contributed by atoms with Crippen LogP contribution in [0, 0.1) is 17.7 Å². The monoisotopic (exact) mass is 610 g/mol. The van der Waals surface area contributed by atoms with Gasteiger partial charge in [-0.15, -0.1) is 0 Å². The van der Waals surface area contributed by atoms with Gasteiger partial charge in [-0.3, -0.25) is 14.9 Å². The Hall–Kier alpha value is -5.43. The number of rotatable bonds is 7. The van der Waals surface area contributed by atoms with Gasteiger partial charge in [0.05, 0.1) is 29.7 Å². The van der Waals surface area contributed by atoms with E-state index in [9.17, 15) is 18.8 Å². The summed E-state index contributed by atoms with van der Waals surface area (Å²) in [7, 11) is 0. The van der Waals surface area contributed by atoms with Crippen molar-refractivity contribution in [1.82, 2.24) is 9.55 Å². The number of Topliss-reactive ketones (excluding diaryl/α,β-unsaturated/α-hetero) is 1. The standard InChI is InChI=1S/C35H35FN4O5/c1-34(2,3)44-31-20-29(39-33(43)45-35(4,5)6)28(19-25(31)13-10-23-11-14-26(36)15-12-23)38-32(42)21-30(41)24-8-7-9-27(18-24)40-17-16-37-22-40/h7-9,11-12,14-20,22H,21H2,1-6H3,(H,38,42)(H,39,43). The van der Waals surface area contributed by atoms with Crippen molar-refractivity contribution in [3.63, 3.8) is 0 Å². The summed E-state index contributed by atoms with van der Waals surface area (Å²) in [6, 6.07) is 15.6. The number of carbonyl (C=O) groups is 3. The van der Waals surface area contributed by atoms with Crippen LogP contribution in [0.5, 0.6) is 5.75 Å². The molecule has 2 amide bonds. The van der Waals surface area contributed by atoms with Crippen LogP contribution >= 0.6 is 0 Å². The fraction of sp³-hybridized carbons (Fsp3) is 0.257. The number of hydrogen-bond donors (Lipinski definition) is 2. The van der Waals surface area contributed by atoms with Gasteiger partial charge in [0.25, 0.3) is 0 Å². The molecule has 10 heteroatoms. The van der Waals surface area contributed by atoms with Gasteiger partial charge in [-0.25, -0.2) is 14.2 Å². The first-order chi connectivity index (χ1) is 21.1. The molecule has 0 atom stereocenters. The summed E-state index contributed by atoms with van der Waals surface area (Å²) in [5, 5.41) is 5.41. The van der Waals surface area contributed by atoms with Gasteiger partial charge in [-0.1, -0.05) is 24.0 Å². The van der Waals surface area contributed by atoms with Gasteiger partial charge in [-0.2, -0.15) is 0 Å². The molecule has 0 aliphatic heterocycles. The van der Waals surface area contributed by atoms with E-state index in [1.165, 1.54) is 18.2 Å². The Balaban J connectivity index is 1.67. The molecule has 4 rings (SSSR count). The molecule has 3 aromatic carbocycles. The van der Waals surface area contributed by atoms with E-state index in [1.807, 2.05) is 26.8 Å². The smallest absolute Gasteiger partial charge is 0.412 e. The number of ketones is 1. The van der Waals surface area contributed by atoms with Crippen LogP contribution in [-0.4, -0.2) is 38.5 Å². The van der Waals surface area contributed by atoms with Gasteiger partial charge < -0.3 is 19.4 Å². The van der Waals surface area contributed by atoms with Crippen LogP contribution in [0.25, 0.3) is 5.69 Å². The molecule has 0 unspecified atom stereocenters. The van der Waals surface area contributed by atoms with E-state index in [1.54, 1.807) is 80.5 Å². The number of halogens is 1. The minimum atomic E-state index is -0.781. The molecule has 0 aliphatic rings. The topological polar surface area (TPSA) is 112 Å². The largest absolute Gasteiger partial charge is 0.487 e. The summed E-state index contributed by atoms with van der Waals surface area (Å²) in [6.07, 6.45) is 3.77. The number of aromatic nitrogens is 2. The lowest BCUT2D eigenvalue weighted by atomic mass is 10.1. The van der Waals surface area contributed by atoms with Crippen molar-refractivity contribution in [3.8, 4) is 23.3 Å². The zero-order valence-electron chi connectivity index (χ0n) is 26.0. The van der Waals surface area contributed by atoms with E-state index in [2.05, 4.69) is 27.5 Å². The SMILES string of the molecule is CC(C)(C)OC(=O)Nc1cc(OC(C)(C)C)c(C#Cc2ccc(F)cc2)cc1NC(=O)CC(=O)c1cccc(-n2ccnc2)c1. The second-order valence-electron chi connectivity index (χ2n) is 12.2. The normalized spacial score (nSPS) is 11.2. The highest BCUT2D eigenvalue weighted by molar-refractivity contribution is 6.12. The minimum absolute atomic E-state index is 0.176. The number of carbonyl (C=O) groups excluding carboxylic acids is 3. The number of nitrogens with zero attached hydrogens (tertiary/aromatic N) is 2. The Bertz CT molecular complexity index is 1760. The van der Waals surface area contributed by atoms with Gasteiger partial charge in [-0.05, 0) is 84.0 Å². The predicted octanol–water partition coefficient (Wildman–Crippen LogP) is 7.15. The third kappa shape index (κ3) is 9.79. The number of anilines is 2. The highest BCUT2D eigenvalue weighted by Gasteiger charge is 2.22. The average molecular weight is 611 g/mol. The Kier molecular flexibility index (Phi) is 9.72. The Morgan fingerprint density at radius 1 is 0.889 bits per heavy atom. The average Bonchev–Trinajstić information content (AvgIpc) is 3.48. The molecule has 0 fully saturated rings. The van der Waals surface area contributed by atoms with E-state index in [0.29, 0.717) is 22.4 Å². The number of nitrogens with one attached hydrogen (secondary N) is 2. The second-order valence-corrected chi connectivity index (χ2v) is 12.2. The van der Waals surface area contributed by atoms with Crippen molar-refractivity contribution < 1.29 is 28.2 Å². The summed E-state index contributed by atoms with van der Waals surface area (Å²) >= 11 is 0. The third-order valence-corrected chi connectivity index (χ3v) is 5.92. The Labute approximate surface area is 261 Å². The molecule has 4 aromatic rings. The number of benzene rings is 3. The first-order valence-electron chi connectivity index (χ1n) is 14.2. The molecule has 232 valence electrons. The van der Waals surface area contributed by atoms with Crippen molar-refractivity contribution in [3.05, 3.63) is 102 Å². The lowest BCUT2D eigenvalue weighted by Gasteiger charge is -2.24. The summed E-state index contributed by atoms with van der Waals surface area (Å²) < 4.78 is 26.8. The highest BCUT2D eigenvalue weighted by Crippen LogP contribution is 2.34. The highest BCUT2D eigenvalue weighted by atomic mass is 19.1. The lowest BCUT2D eigenvalue weighted by molar-refractivity contribution is -0.115. The summed E-state index contributed by atoms with van der Waals surface area (Å²) in [4.78, 5) is 43.1. The number of ether oxygens (including phenoxy) is 2. The van der Waals surface area contributed by atoms with Crippen molar-refractivity contribution in [2.24, 2.45) is 0 Å². The molecule has 0 saturated carbocycles. The maximum atomic E-state index is 13.4. The summed E-state index contributed by atoms with van der Waals surface area (Å²) in [5.74, 6) is 4.93. The lowest BCUT2D eigenvalue weighted by Crippen LogP contribution is -2.28. The van der Waals surface area contributed by atoms with Crippen LogP contribution in [-0.2, 0) is 9.53 Å². The van der Waals surface area contributed by atoms with Gasteiger partial charge in [0.2, 0.25) is 5.91 Å². The van der Waals surface area contributed by atoms with Crippen LogP contribution in [0.4, 0.5) is 20.6 Å². The third-order valence-electron chi connectivity index (χ3n) is 5.92. The molecule has 1 heterocycles. The number of amides is 2. The van der Waals surface area contributed by atoms with Crippen LogP contribution < -0.4 is 15.4 Å². The molecule has 0 spiro atoms. The fourth-order valence-electron chi connectivity index (χ4n) is 4.08. The quantitative estimate of drug-likeness (QED) is 0.131. The van der Waals surface area contributed by atoms with E-state index < -0.39 is 35.4 Å². The fourth-order valence-corrected chi connectivity index (χ4v) is 4.08. The van der Waals surface area contributed by atoms with Crippen molar-refractivity contribution in [2.45, 2.75) is 59.2 Å². The maximum Gasteiger partial charge on any atom is 0.412 e. The minimum Gasteiger partial charge on any atom is -0.487 e. The van der Waals surface area contributed by atoms with Crippen molar-refractivity contribution in [2.75, 3.05) is 10.6 Å². The first kappa shape index (κ1) is 32.5. The molecule has 0 saturated heterocycles. The first-order valence-corrected chi connectivity index (χ1v) is 14.2. The van der Waals surface area contributed by atoms with Crippen LogP contribution in [0.1, 0.15) is 69.4 Å². The van der Waals surface area contributed by atoms with Crippen molar-refractivity contribution in [1.29, 1.82) is 0 Å². The van der Waals surface area contributed by atoms with Gasteiger partial charge in [0.1, 0.15) is 22.8 Å². The Morgan fingerprint density at radius 3 is 2.24 bits per heavy atom. The van der Waals surface area contributed by atoms with Crippen LogP contribution in [0.3, 0.4) is 0 Å². The van der Waals surface area contributed by atoms with E-state index in [4.69, 9.17) is 9.47 Å². The molecular formula is C35H35FN4O5. The maximum absolute atomic E-state index is 13.4. The molecule has 9 nitrogen and oxygen atoms in total. The molecule has 45 heavy (non-hydrogen) atoms. The molecule has 0 radical (unpaired) electrons. The molecule has 1 aromatic heterocycles. The van der Waals surface area contributed by atoms with E-state index in [-0.39, 0.29) is 17.2 Å². The molecule has 0 aliphatic carbocycles. The summed E-state index contributed by atoms with van der Waals surface area (Å²) in [6.45, 7) is 10.7. The zero-order chi connectivity index (χ0) is 32.8. The van der Waals surface area contributed by atoms with Crippen LogP contribution in [0.15, 0.2) is 79.4 Å². The van der Waals surface area contributed by atoms with Gasteiger partial charge >= 0.3 is 6.09 Å². The molecule has 0 bridgehead atoms. The molecular weight excluding hydrogens is 575 g/mol. The van der Waals surface area contributed by atoms with Crippen LogP contribution in [0.2, 0.25) is 0 Å². The number of imidazole rings is 1. The van der Waals surface area contributed by atoms with E-state index in [0.717, 1.165) is 5.69 Å². The molecule has 2 N–H and O–H groups in total. The zero-order valence-corrected chi connectivity index (χ0v) is 26.0. The Morgan fingerprint density at radius 2 is 1.60 bits per heavy atom. The number of hydrogen-bond acceptors (Lipinski definition) is 6. The van der Waals surface area contributed by atoms with Gasteiger partial charge in [0.15, 0.2) is 5.78 Å². The predicted molar refractivity (Wildman–Crippen MR) is 170 cm³/mol. The summed E-state index contributed by atoms with van der Waals surface area (Å²) in [5.41, 5.74) is 0.953. The van der Waals surface area contributed by atoms with Crippen molar-refractivity contribution >= 4 is 29.2 Å². The second kappa shape index (κ2) is 13.5. The van der Waals surface area contributed by atoms with Gasteiger partial charge in [0, 0.05) is 35.3 Å².